The zero-order valence-corrected chi connectivity index (χ0v) is 12.4. The highest BCUT2D eigenvalue weighted by Crippen LogP contribution is 2.10. The maximum absolute atomic E-state index is 11.9. The first-order valence-corrected chi connectivity index (χ1v) is 6.84. The van der Waals surface area contributed by atoms with Gasteiger partial charge in [0.15, 0.2) is 0 Å². The van der Waals surface area contributed by atoms with E-state index in [1.54, 1.807) is 13.1 Å². The summed E-state index contributed by atoms with van der Waals surface area (Å²) in [4.78, 5) is 25.8. The molecule has 5 nitrogen and oxygen atoms in total. The van der Waals surface area contributed by atoms with Crippen LogP contribution in [-0.2, 0) is 4.79 Å². The van der Waals surface area contributed by atoms with E-state index in [2.05, 4.69) is 10.6 Å². The van der Waals surface area contributed by atoms with Crippen molar-refractivity contribution in [2.75, 3.05) is 26.7 Å². The van der Waals surface area contributed by atoms with Crippen molar-refractivity contribution < 1.29 is 9.59 Å². The van der Waals surface area contributed by atoms with Gasteiger partial charge >= 0.3 is 0 Å². The van der Waals surface area contributed by atoms with Crippen molar-refractivity contribution in [3.05, 3.63) is 22.4 Å². The predicted octanol–water partition coefficient (Wildman–Crippen LogP) is 0.720. The second kappa shape index (κ2) is 7.47. The molecule has 0 aromatic carbocycles. The van der Waals surface area contributed by atoms with E-state index in [4.69, 9.17) is 0 Å². The third-order valence-electron chi connectivity index (χ3n) is 2.88. The highest BCUT2D eigenvalue weighted by molar-refractivity contribution is 7.12. The molecule has 2 heterocycles. The minimum Gasteiger partial charge on any atom is -0.351 e. The lowest BCUT2D eigenvalue weighted by Gasteiger charge is -2.18. The summed E-state index contributed by atoms with van der Waals surface area (Å²) < 4.78 is 0. The summed E-state index contributed by atoms with van der Waals surface area (Å²) in [5.74, 6) is -0.208. The summed E-state index contributed by atoms with van der Waals surface area (Å²) >= 11 is 1.39. The number of carbonyl (C=O) groups is 2. The quantitative estimate of drug-likeness (QED) is 0.861. The molecule has 106 valence electrons. The van der Waals surface area contributed by atoms with Crippen molar-refractivity contribution in [2.24, 2.45) is 0 Å². The Balaban J connectivity index is 0.00000180. The van der Waals surface area contributed by atoms with Crippen LogP contribution < -0.4 is 10.6 Å². The van der Waals surface area contributed by atoms with Gasteiger partial charge in [-0.15, -0.1) is 23.7 Å². The van der Waals surface area contributed by atoms with Crippen molar-refractivity contribution in [1.29, 1.82) is 0 Å². The normalized spacial score (nSPS) is 17.6. The van der Waals surface area contributed by atoms with Crippen molar-refractivity contribution in [3.63, 3.8) is 0 Å². The number of rotatable bonds is 4. The van der Waals surface area contributed by atoms with Crippen LogP contribution in [-0.4, -0.2) is 49.4 Å². The molecule has 19 heavy (non-hydrogen) atoms. The molecule has 0 bridgehead atoms. The Kier molecular flexibility index (Phi) is 6.27. The highest BCUT2D eigenvalue weighted by atomic mass is 35.5. The van der Waals surface area contributed by atoms with Gasteiger partial charge < -0.3 is 15.5 Å². The zero-order valence-electron chi connectivity index (χ0n) is 10.7. The minimum absolute atomic E-state index is 0. The lowest BCUT2D eigenvalue weighted by Crippen LogP contribution is -2.43. The van der Waals surface area contributed by atoms with Gasteiger partial charge in [-0.25, -0.2) is 0 Å². The SMILES string of the molecule is CN(CC(=O)NC1CCNC1)C(=O)c1cccs1.Cl. The van der Waals surface area contributed by atoms with E-state index in [0.29, 0.717) is 4.88 Å². The van der Waals surface area contributed by atoms with Crippen LogP contribution in [0.15, 0.2) is 17.5 Å². The average Bonchev–Trinajstić information content (AvgIpc) is 2.99. The maximum Gasteiger partial charge on any atom is 0.264 e. The van der Waals surface area contributed by atoms with Gasteiger partial charge in [0.1, 0.15) is 0 Å². The number of halogens is 1. The van der Waals surface area contributed by atoms with Crippen molar-refractivity contribution in [2.45, 2.75) is 12.5 Å². The van der Waals surface area contributed by atoms with E-state index in [9.17, 15) is 9.59 Å². The van der Waals surface area contributed by atoms with E-state index in [0.717, 1.165) is 19.5 Å². The van der Waals surface area contributed by atoms with E-state index < -0.39 is 0 Å². The molecule has 2 amide bonds. The molecule has 0 aliphatic carbocycles. The van der Waals surface area contributed by atoms with Crippen LogP contribution in [0.1, 0.15) is 16.1 Å². The van der Waals surface area contributed by atoms with Crippen LogP contribution in [0, 0.1) is 0 Å². The molecule has 1 fully saturated rings. The van der Waals surface area contributed by atoms with Crippen LogP contribution in [0.2, 0.25) is 0 Å². The van der Waals surface area contributed by atoms with E-state index in [1.807, 2.05) is 11.4 Å². The number of nitrogens with zero attached hydrogens (tertiary/aromatic N) is 1. The highest BCUT2D eigenvalue weighted by Gasteiger charge is 2.19. The number of hydrogen-bond acceptors (Lipinski definition) is 4. The predicted molar refractivity (Wildman–Crippen MR) is 77.9 cm³/mol. The van der Waals surface area contributed by atoms with Gasteiger partial charge in [0.05, 0.1) is 11.4 Å². The van der Waals surface area contributed by atoms with Crippen LogP contribution in [0.4, 0.5) is 0 Å². The fourth-order valence-electron chi connectivity index (χ4n) is 1.93. The lowest BCUT2D eigenvalue weighted by atomic mass is 10.2. The van der Waals surface area contributed by atoms with Gasteiger partial charge in [0.2, 0.25) is 5.91 Å². The molecule has 1 aromatic rings. The molecule has 1 unspecified atom stereocenters. The fourth-order valence-corrected chi connectivity index (χ4v) is 2.64. The van der Waals surface area contributed by atoms with Gasteiger partial charge in [0, 0.05) is 19.6 Å². The van der Waals surface area contributed by atoms with Crippen LogP contribution in [0.3, 0.4) is 0 Å². The molecule has 0 radical (unpaired) electrons. The fraction of sp³-hybridized carbons (Fsp3) is 0.500. The number of likely N-dealkylation sites (N-methyl/N-ethyl adjacent to an activating group) is 1. The molecule has 0 saturated carbocycles. The van der Waals surface area contributed by atoms with E-state index >= 15 is 0 Å². The monoisotopic (exact) mass is 303 g/mol. The summed E-state index contributed by atoms with van der Waals surface area (Å²) in [5, 5.41) is 7.95. The zero-order chi connectivity index (χ0) is 13.0. The van der Waals surface area contributed by atoms with Gasteiger partial charge in [-0.3, -0.25) is 9.59 Å². The molecule has 1 atom stereocenters. The van der Waals surface area contributed by atoms with E-state index in [-0.39, 0.29) is 36.8 Å². The second-order valence-corrected chi connectivity index (χ2v) is 5.34. The van der Waals surface area contributed by atoms with Crippen molar-refractivity contribution >= 4 is 35.6 Å². The first-order valence-electron chi connectivity index (χ1n) is 5.96. The van der Waals surface area contributed by atoms with Crippen LogP contribution in [0.5, 0.6) is 0 Å². The summed E-state index contributed by atoms with van der Waals surface area (Å²) in [6, 6.07) is 3.79. The minimum atomic E-state index is -0.107. The average molecular weight is 304 g/mol. The molecular weight excluding hydrogens is 286 g/mol. The van der Waals surface area contributed by atoms with Gasteiger partial charge in [0.25, 0.3) is 5.91 Å². The smallest absolute Gasteiger partial charge is 0.264 e. The number of nitrogens with one attached hydrogen (secondary N) is 2. The molecule has 1 saturated heterocycles. The molecule has 1 aromatic heterocycles. The lowest BCUT2D eigenvalue weighted by molar-refractivity contribution is -0.122. The Morgan fingerprint density at radius 3 is 2.95 bits per heavy atom. The number of hydrogen-bond donors (Lipinski definition) is 2. The first-order chi connectivity index (χ1) is 8.66. The summed E-state index contributed by atoms with van der Waals surface area (Å²) in [6.07, 6.45) is 0.953. The standard InChI is InChI=1S/C12H17N3O2S.ClH/c1-15(12(17)10-3-2-6-18-10)8-11(16)14-9-4-5-13-7-9;/h2-3,6,9,13H,4-5,7-8H2,1H3,(H,14,16);1H. The van der Waals surface area contributed by atoms with Gasteiger partial charge in [-0.1, -0.05) is 6.07 Å². The Hall–Kier alpha value is -1.11. The second-order valence-electron chi connectivity index (χ2n) is 4.40. The summed E-state index contributed by atoms with van der Waals surface area (Å²) in [6.45, 7) is 1.86. The summed E-state index contributed by atoms with van der Waals surface area (Å²) in [7, 11) is 1.65. The third kappa shape index (κ3) is 4.49. The number of amides is 2. The topological polar surface area (TPSA) is 61.4 Å². The van der Waals surface area contributed by atoms with Crippen molar-refractivity contribution in [1.82, 2.24) is 15.5 Å². The Morgan fingerprint density at radius 2 is 2.37 bits per heavy atom. The first kappa shape index (κ1) is 15.9. The molecular formula is C12H18ClN3O2S. The largest absolute Gasteiger partial charge is 0.351 e. The van der Waals surface area contributed by atoms with Crippen molar-refractivity contribution in [3.8, 4) is 0 Å². The third-order valence-corrected chi connectivity index (χ3v) is 3.74. The number of thiophene rings is 1. The van der Waals surface area contributed by atoms with Gasteiger partial charge in [-0.05, 0) is 24.4 Å². The Bertz CT molecular complexity index is 419. The Morgan fingerprint density at radius 1 is 1.58 bits per heavy atom. The maximum atomic E-state index is 11.9. The number of carbonyl (C=O) groups excluding carboxylic acids is 2. The summed E-state index contributed by atoms with van der Waals surface area (Å²) in [5.41, 5.74) is 0. The van der Waals surface area contributed by atoms with Gasteiger partial charge in [-0.2, -0.15) is 0 Å². The van der Waals surface area contributed by atoms with Crippen LogP contribution >= 0.6 is 23.7 Å². The van der Waals surface area contributed by atoms with Crippen LogP contribution in [0.25, 0.3) is 0 Å². The molecule has 1 aliphatic heterocycles. The molecule has 2 rings (SSSR count). The Labute approximate surface area is 122 Å². The molecule has 2 N–H and O–H groups in total. The molecule has 7 heteroatoms. The van der Waals surface area contributed by atoms with E-state index in [1.165, 1.54) is 16.2 Å². The molecule has 0 spiro atoms. The molecule has 1 aliphatic rings.